The van der Waals surface area contributed by atoms with Gasteiger partial charge in [-0.15, -0.1) is 0 Å². The molecule has 20 nitrogen and oxygen atoms in total. The van der Waals surface area contributed by atoms with E-state index >= 15 is 0 Å². The van der Waals surface area contributed by atoms with Crippen molar-refractivity contribution < 1.29 is 79.2 Å². The molecule has 0 fully saturated rings. The second kappa shape index (κ2) is 30.0. The first-order chi connectivity index (χ1) is 26.9. The summed E-state index contributed by atoms with van der Waals surface area (Å²) in [6, 6.07) is 6.04. The standard InChI is InChI=1S/2C9H7NO7S2.4C4H11N.Cu/c2*11-9-7(19(15,16)17)4-6(18(12,13)14)5-2-1-3-10-8(5)9;4*1-3-5-4-2;/h2*1-4,11H,(H,12,13,14)(H,15,16,17);4*5H,3-4H2,1-2H3;/q;;;;;;+2. The van der Waals surface area contributed by atoms with E-state index in [-0.39, 0.29) is 38.9 Å². The molecule has 4 rings (SSSR count). The van der Waals surface area contributed by atoms with Crippen molar-refractivity contribution >= 4 is 62.3 Å². The van der Waals surface area contributed by atoms with Crippen LogP contribution >= 0.6 is 0 Å². The van der Waals surface area contributed by atoms with Crippen LogP contribution in [0.5, 0.6) is 11.5 Å². The molecule has 0 aliphatic carbocycles. The molecular formula is C34H58CuN6O14S4+2. The summed E-state index contributed by atoms with van der Waals surface area (Å²) >= 11 is 0. The van der Waals surface area contributed by atoms with Crippen molar-refractivity contribution in [1.29, 1.82) is 0 Å². The summed E-state index contributed by atoms with van der Waals surface area (Å²) in [5.74, 6) is -1.80. The maximum absolute atomic E-state index is 11.2. The molecule has 59 heavy (non-hydrogen) atoms. The average Bonchev–Trinajstić information content (AvgIpc) is 3.13. The van der Waals surface area contributed by atoms with E-state index < -0.39 is 71.6 Å². The fraction of sp³-hybridized carbons (Fsp3) is 0.471. The van der Waals surface area contributed by atoms with Crippen LogP contribution in [0.1, 0.15) is 55.4 Å². The number of aromatic nitrogens is 2. The number of benzene rings is 2. The van der Waals surface area contributed by atoms with Gasteiger partial charge in [0.25, 0.3) is 40.5 Å². The van der Waals surface area contributed by atoms with E-state index in [1.807, 2.05) is 0 Å². The molecule has 2 aromatic carbocycles. The molecule has 4 aromatic rings. The molecule has 0 saturated heterocycles. The Morgan fingerprint density at radius 3 is 0.831 bits per heavy atom. The third-order valence-corrected chi connectivity index (χ3v) is 10.2. The number of nitrogens with zero attached hydrogens (tertiary/aromatic N) is 2. The Kier molecular flexibility index (Phi) is 30.6. The number of hydrogen-bond donors (Lipinski definition) is 10. The van der Waals surface area contributed by atoms with Crippen LogP contribution in [-0.2, 0) is 57.5 Å². The van der Waals surface area contributed by atoms with Crippen molar-refractivity contribution in [3.05, 3.63) is 48.8 Å². The monoisotopic (exact) mass is 965 g/mol. The average molecular weight is 967 g/mol. The van der Waals surface area contributed by atoms with Crippen LogP contribution < -0.4 is 21.3 Å². The molecule has 0 aliphatic heterocycles. The van der Waals surface area contributed by atoms with Crippen LogP contribution in [0.4, 0.5) is 0 Å². The summed E-state index contributed by atoms with van der Waals surface area (Å²) in [5.41, 5.74) is -0.740. The first kappa shape index (κ1) is 60.2. The maximum atomic E-state index is 11.2. The van der Waals surface area contributed by atoms with Crippen LogP contribution in [0.3, 0.4) is 0 Å². The minimum atomic E-state index is -4.87. The van der Waals surface area contributed by atoms with Crippen LogP contribution in [-0.4, -0.2) is 124 Å². The molecule has 2 aromatic heterocycles. The molecule has 1 radical (unpaired) electrons. The number of pyridine rings is 2. The zero-order valence-corrected chi connectivity index (χ0v) is 38.3. The molecule has 0 amide bonds. The summed E-state index contributed by atoms with van der Waals surface area (Å²) in [7, 11) is -19.3. The third kappa shape index (κ3) is 22.3. The normalized spacial score (nSPS) is 11.1. The van der Waals surface area contributed by atoms with Crippen LogP contribution in [0.25, 0.3) is 21.8 Å². The smallest absolute Gasteiger partial charge is 0.504 e. The van der Waals surface area contributed by atoms with E-state index in [1.54, 1.807) is 0 Å². The summed E-state index contributed by atoms with van der Waals surface area (Å²) in [6.45, 7) is 25.6. The Morgan fingerprint density at radius 2 is 0.661 bits per heavy atom. The second-order valence-corrected chi connectivity index (χ2v) is 16.5. The van der Waals surface area contributed by atoms with Gasteiger partial charge in [0.1, 0.15) is 30.6 Å². The molecule has 0 aliphatic rings. The Labute approximate surface area is 358 Å². The molecule has 0 atom stereocenters. The number of rotatable bonds is 12. The zero-order valence-electron chi connectivity index (χ0n) is 34.1. The van der Waals surface area contributed by atoms with Gasteiger partial charge < -0.3 is 31.5 Å². The van der Waals surface area contributed by atoms with Crippen molar-refractivity contribution in [3.8, 4) is 11.5 Å². The van der Waals surface area contributed by atoms with E-state index in [2.05, 4.69) is 86.6 Å². The van der Waals surface area contributed by atoms with Crippen molar-refractivity contribution in [1.82, 2.24) is 31.2 Å². The zero-order chi connectivity index (χ0) is 45.3. The molecule has 25 heteroatoms. The minimum absolute atomic E-state index is 0. The van der Waals surface area contributed by atoms with Crippen molar-refractivity contribution in [2.45, 2.75) is 75.0 Å². The first-order valence-electron chi connectivity index (χ1n) is 17.8. The number of nitrogens with one attached hydrogen (secondary N) is 4. The SMILES string of the molecule is CCNCC.CCNCC.CCNCC.CCNCC.O=S(=O)(O)c1cc(S(=O)(=O)O)c2cccnc2c1O.O=S(=O)(O)c1cc(S(=O)(=O)O)c2cccnc2c1O.[Cu+2]. The van der Waals surface area contributed by atoms with E-state index in [1.165, 1.54) is 36.7 Å². The fourth-order valence-corrected chi connectivity index (χ4v) is 6.95. The molecule has 10 N–H and O–H groups in total. The number of phenols is 2. The van der Waals surface area contributed by atoms with Gasteiger partial charge >= 0.3 is 17.1 Å². The summed E-state index contributed by atoms with van der Waals surface area (Å²) in [5, 5.41) is 31.5. The van der Waals surface area contributed by atoms with Gasteiger partial charge in [0.15, 0.2) is 11.5 Å². The van der Waals surface area contributed by atoms with Gasteiger partial charge in [-0.1, -0.05) is 55.4 Å². The Balaban J connectivity index is -0.000000726. The van der Waals surface area contributed by atoms with E-state index in [0.717, 1.165) is 52.4 Å². The summed E-state index contributed by atoms with van der Waals surface area (Å²) in [4.78, 5) is 3.60. The van der Waals surface area contributed by atoms with Crippen LogP contribution in [0.15, 0.2) is 68.4 Å². The quantitative estimate of drug-likeness (QED) is 0.0719. The van der Waals surface area contributed by atoms with E-state index in [4.69, 9.17) is 18.2 Å². The van der Waals surface area contributed by atoms with Gasteiger partial charge in [-0.25, -0.2) is 0 Å². The fourth-order valence-electron chi connectivity index (χ4n) is 4.17. The van der Waals surface area contributed by atoms with Gasteiger partial charge in [-0.2, -0.15) is 33.7 Å². The van der Waals surface area contributed by atoms with Crippen LogP contribution in [0, 0.1) is 0 Å². The minimum Gasteiger partial charge on any atom is -0.504 e. The molecule has 0 unspecified atom stereocenters. The van der Waals surface area contributed by atoms with Crippen molar-refractivity contribution in [3.63, 3.8) is 0 Å². The number of aromatic hydroxyl groups is 2. The predicted molar refractivity (Wildman–Crippen MR) is 223 cm³/mol. The Morgan fingerprint density at radius 1 is 0.441 bits per heavy atom. The van der Waals surface area contributed by atoms with Gasteiger partial charge in [-0.3, -0.25) is 28.2 Å². The summed E-state index contributed by atoms with van der Waals surface area (Å²) < 4.78 is 125. The molecule has 0 bridgehead atoms. The number of phenolic OH excluding ortho intramolecular Hbond substituents is 2. The van der Waals surface area contributed by atoms with Gasteiger partial charge in [0.2, 0.25) is 0 Å². The summed E-state index contributed by atoms with van der Waals surface area (Å²) in [6.07, 6.45) is 2.37. The largest absolute Gasteiger partial charge is 2.00 e. The van der Waals surface area contributed by atoms with Crippen molar-refractivity contribution in [2.75, 3.05) is 52.4 Å². The Hall–Kier alpha value is -3.14. The van der Waals surface area contributed by atoms with E-state index in [0.29, 0.717) is 12.1 Å². The maximum Gasteiger partial charge on any atom is 2.00 e. The van der Waals surface area contributed by atoms with Gasteiger partial charge in [0.05, 0.1) is 0 Å². The molecular weight excluding hydrogens is 908 g/mol. The second-order valence-electron chi connectivity index (χ2n) is 11.0. The molecule has 2 heterocycles. The number of hydrogen-bond acceptors (Lipinski definition) is 16. The molecule has 0 spiro atoms. The Bertz CT molecular complexity index is 2100. The van der Waals surface area contributed by atoms with Gasteiger partial charge in [0, 0.05) is 23.2 Å². The third-order valence-electron chi connectivity index (χ3n) is 6.70. The van der Waals surface area contributed by atoms with Gasteiger partial charge in [-0.05, 0) is 88.8 Å². The number of fused-ring (bicyclic) bond motifs is 2. The topological polar surface area (TPSA) is 332 Å². The molecule has 0 saturated carbocycles. The van der Waals surface area contributed by atoms with E-state index in [9.17, 15) is 43.9 Å². The van der Waals surface area contributed by atoms with Crippen molar-refractivity contribution in [2.24, 2.45) is 0 Å². The van der Waals surface area contributed by atoms with Crippen LogP contribution in [0.2, 0.25) is 0 Å². The molecule has 341 valence electrons. The predicted octanol–water partition coefficient (Wildman–Crippen LogP) is 3.33. The first-order valence-corrected chi connectivity index (χ1v) is 23.6.